The van der Waals surface area contributed by atoms with Crippen LogP contribution in [0, 0.1) is 10.1 Å². The fourth-order valence-corrected chi connectivity index (χ4v) is 2.92. The van der Waals surface area contributed by atoms with E-state index in [4.69, 9.17) is 16.1 Å². The first-order valence-electron chi connectivity index (χ1n) is 7.70. The van der Waals surface area contributed by atoms with E-state index in [-0.39, 0.29) is 28.5 Å². The summed E-state index contributed by atoms with van der Waals surface area (Å²) in [5, 5.41) is 15.1. The fraction of sp³-hybridized carbons (Fsp3) is 0.571. The molecule has 0 spiro atoms. The van der Waals surface area contributed by atoms with Crippen molar-refractivity contribution in [1.29, 1.82) is 0 Å². The third-order valence-electron chi connectivity index (χ3n) is 4.06. The minimum absolute atomic E-state index is 0.148. The molecule has 10 heteroatoms. The molecule has 0 unspecified atom stereocenters. The van der Waals surface area contributed by atoms with Gasteiger partial charge in [0, 0.05) is 24.9 Å². The summed E-state index contributed by atoms with van der Waals surface area (Å²) in [6.07, 6.45) is 2.74. The molecule has 0 N–H and O–H groups in total. The van der Waals surface area contributed by atoms with Crippen LogP contribution in [0.15, 0.2) is 10.9 Å². The molecule has 2 aromatic heterocycles. The number of piperidine rings is 1. The van der Waals surface area contributed by atoms with Crippen molar-refractivity contribution < 1.29 is 9.45 Å². The Balaban J connectivity index is 1.73. The summed E-state index contributed by atoms with van der Waals surface area (Å²) < 4.78 is 5.35. The molecule has 3 rings (SSSR count). The molecule has 9 nitrogen and oxygen atoms in total. The minimum atomic E-state index is -0.545. The predicted octanol–water partition coefficient (Wildman–Crippen LogP) is 2.93. The Kier molecular flexibility index (Phi) is 4.61. The summed E-state index contributed by atoms with van der Waals surface area (Å²) >= 11 is 5.85. The molecule has 0 bridgehead atoms. The van der Waals surface area contributed by atoms with Gasteiger partial charge in [-0.25, -0.2) is 9.97 Å². The van der Waals surface area contributed by atoms with Gasteiger partial charge in [-0.05, 0) is 12.8 Å². The first-order chi connectivity index (χ1) is 11.5. The molecule has 1 saturated heterocycles. The minimum Gasteiger partial charge on any atom is -0.351 e. The molecule has 0 amide bonds. The van der Waals surface area contributed by atoms with Crippen molar-refractivity contribution in [2.24, 2.45) is 0 Å². The van der Waals surface area contributed by atoms with E-state index in [0.29, 0.717) is 24.8 Å². The van der Waals surface area contributed by atoms with Crippen molar-refractivity contribution in [2.75, 3.05) is 18.0 Å². The summed E-state index contributed by atoms with van der Waals surface area (Å²) in [5.41, 5.74) is -0.252. The molecular weight excluding hydrogens is 336 g/mol. The van der Waals surface area contributed by atoms with E-state index < -0.39 is 4.92 Å². The quantitative estimate of drug-likeness (QED) is 0.469. The van der Waals surface area contributed by atoms with Gasteiger partial charge >= 0.3 is 5.69 Å². The van der Waals surface area contributed by atoms with Crippen molar-refractivity contribution in [2.45, 2.75) is 38.5 Å². The number of hydrogen-bond donors (Lipinski definition) is 0. The van der Waals surface area contributed by atoms with E-state index in [0.717, 1.165) is 12.8 Å². The Morgan fingerprint density at radius 2 is 2.08 bits per heavy atom. The van der Waals surface area contributed by atoms with Gasteiger partial charge in [0.25, 0.3) is 0 Å². The molecule has 3 heterocycles. The van der Waals surface area contributed by atoms with Crippen LogP contribution < -0.4 is 4.90 Å². The monoisotopic (exact) mass is 352 g/mol. The lowest BCUT2D eigenvalue weighted by Gasteiger charge is -2.30. The predicted molar refractivity (Wildman–Crippen MR) is 86.3 cm³/mol. The van der Waals surface area contributed by atoms with Crippen LogP contribution in [0.5, 0.6) is 0 Å². The van der Waals surface area contributed by atoms with Crippen LogP contribution in [0.2, 0.25) is 5.15 Å². The SMILES string of the molecule is CC(C)c1noc(C2CCN(c3ncnc(Cl)c3[N+](=O)[O-])CC2)n1. The lowest BCUT2D eigenvalue weighted by molar-refractivity contribution is -0.384. The van der Waals surface area contributed by atoms with Crippen LogP contribution in [0.25, 0.3) is 0 Å². The molecule has 1 aliphatic rings. The molecule has 1 fully saturated rings. The third kappa shape index (κ3) is 3.16. The van der Waals surface area contributed by atoms with Gasteiger partial charge < -0.3 is 9.42 Å². The Bertz CT molecular complexity index is 742. The molecule has 0 radical (unpaired) electrons. The number of anilines is 1. The molecule has 128 valence electrons. The molecular formula is C14H17ClN6O3. The zero-order valence-electron chi connectivity index (χ0n) is 13.3. The Morgan fingerprint density at radius 3 is 2.67 bits per heavy atom. The van der Waals surface area contributed by atoms with E-state index in [2.05, 4.69) is 20.1 Å². The highest BCUT2D eigenvalue weighted by molar-refractivity contribution is 6.31. The Labute approximate surface area is 143 Å². The van der Waals surface area contributed by atoms with Crippen LogP contribution in [0.1, 0.15) is 50.2 Å². The highest BCUT2D eigenvalue weighted by Gasteiger charge is 2.31. The second kappa shape index (κ2) is 6.68. The maximum absolute atomic E-state index is 11.2. The number of hydrogen-bond acceptors (Lipinski definition) is 8. The first kappa shape index (κ1) is 16.6. The lowest BCUT2D eigenvalue weighted by Crippen LogP contribution is -2.34. The van der Waals surface area contributed by atoms with Gasteiger partial charge in [-0.3, -0.25) is 10.1 Å². The van der Waals surface area contributed by atoms with E-state index in [1.54, 1.807) is 0 Å². The van der Waals surface area contributed by atoms with Crippen molar-refractivity contribution >= 4 is 23.1 Å². The average molecular weight is 353 g/mol. The highest BCUT2D eigenvalue weighted by Crippen LogP contribution is 2.35. The summed E-state index contributed by atoms with van der Waals surface area (Å²) in [5.74, 6) is 1.96. The number of nitrogens with zero attached hydrogens (tertiary/aromatic N) is 6. The van der Waals surface area contributed by atoms with E-state index >= 15 is 0 Å². The van der Waals surface area contributed by atoms with Crippen LogP contribution in [0.4, 0.5) is 11.5 Å². The maximum Gasteiger partial charge on any atom is 0.348 e. The summed E-state index contributed by atoms with van der Waals surface area (Å²) in [6, 6.07) is 0. The van der Waals surface area contributed by atoms with Crippen LogP contribution in [-0.2, 0) is 0 Å². The molecule has 24 heavy (non-hydrogen) atoms. The molecule has 0 atom stereocenters. The van der Waals surface area contributed by atoms with Gasteiger partial charge in [-0.2, -0.15) is 4.98 Å². The van der Waals surface area contributed by atoms with Gasteiger partial charge in [0.1, 0.15) is 6.33 Å². The van der Waals surface area contributed by atoms with Crippen molar-refractivity contribution in [1.82, 2.24) is 20.1 Å². The molecule has 1 aliphatic heterocycles. The average Bonchev–Trinajstić information content (AvgIpc) is 3.04. The van der Waals surface area contributed by atoms with Crippen molar-refractivity contribution in [3.8, 4) is 0 Å². The summed E-state index contributed by atoms with van der Waals surface area (Å²) in [6.45, 7) is 5.21. The Hall–Kier alpha value is -2.29. The van der Waals surface area contributed by atoms with Gasteiger partial charge in [0.15, 0.2) is 5.82 Å². The highest BCUT2D eigenvalue weighted by atomic mass is 35.5. The zero-order chi connectivity index (χ0) is 17.3. The van der Waals surface area contributed by atoms with Gasteiger partial charge in [0.05, 0.1) is 4.92 Å². The number of aromatic nitrogens is 4. The normalized spacial score (nSPS) is 15.9. The number of halogens is 1. The second-order valence-corrected chi connectivity index (χ2v) is 6.36. The van der Waals surface area contributed by atoms with Crippen LogP contribution in [0.3, 0.4) is 0 Å². The van der Waals surface area contributed by atoms with E-state index in [1.165, 1.54) is 6.33 Å². The maximum atomic E-state index is 11.2. The molecule has 2 aromatic rings. The standard InChI is InChI=1S/C14H17ClN6O3/c1-8(2)12-18-14(24-19-12)9-3-5-20(6-4-9)13-10(21(22)23)11(15)16-7-17-13/h7-9H,3-6H2,1-2H3. The molecule has 0 saturated carbocycles. The number of nitro groups is 1. The summed E-state index contributed by atoms with van der Waals surface area (Å²) in [4.78, 5) is 24.7. The summed E-state index contributed by atoms with van der Waals surface area (Å²) in [7, 11) is 0. The van der Waals surface area contributed by atoms with Crippen molar-refractivity contribution in [3.05, 3.63) is 33.3 Å². The largest absolute Gasteiger partial charge is 0.351 e. The number of rotatable bonds is 4. The Morgan fingerprint density at radius 1 is 1.38 bits per heavy atom. The third-order valence-corrected chi connectivity index (χ3v) is 4.34. The first-order valence-corrected chi connectivity index (χ1v) is 8.08. The molecule has 0 aromatic carbocycles. The van der Waals surface area contributed by atoms with E-state index in [1.807, 2.05) is 18.7 Å². The fourth-order valence-electron chi connectivity index (χ4n) is 2.72. The van der Waals surface area contributed by atoms with Crippen molar-refractivity contribution in [3.63, 3.8) is 0 Å². The second-order valence-electron chi connectivity index (χ2n) is 6.00. The lowest BCUT2D eigenvalue weighted by atomic mass is 9.96. The smallest absolute Gasteiger partial charge is 0.348 e. The topological polar surface area (TPSA) is 111 Å². The zero-order valence-corrected chi connectivity index (χ0v) is 14.1. The van der Waals surface area contributed by atoms with Gasteiger partial charge in [-0.1, -0.05) is 30.6 Å². The van der Waals surface area contributed by atoms with Gasteiger partial charge in [-0.15, -0.1) is 0 Å². The van der Waals surface area contributed by atoms with E-state index in [9.17, 15) is 10.1 Å². The molecule has 0 aliphatic carbocycles. The van der Waals surface area contributed by atoms with Gasteiger partial charge in [0.2, 0.25) is 16.9 Å². The van der Waals surface area contributed by atoms with Crippen LogP contribution in [-0.4, -0.2) is 38.1 Å². The van der Waals surface area contributed by atoms with Crippen LogP contribution >= 0.6 is 11.6 Å².